The van der Waals surface area contributed by atoms with E-state index in [0.29, 0.717) is 11.5 Å². The van der Waals surface area contributed by atoms with Gasteiger partial charge < -0.3 is 4.57 Å². The second-order valence-electron chi connectivity index (χ2n) is 7.67. The molecule has 0 radical (unpaired) electrons. The zero-order chi connectivity index (χ0) is 19.1. The lowest BCUT2D eigenvalue weighted by atomic mass is 10.1. The molecule has 1 aliphatic rings. The van der Waals surface area contributed by atoms with Crippen molar-refractivity contribution < 1.29 is 0 Å². The average molecular weight is 363 g/mol. The molecule has 2 aromatic heterocycles. The first-order valence-corrected chi connectivity index (χ1v) is 9.73. The van der Waals surface area contributed by atoms with Gasteiger partial charge in [-0.2, -0.15) is 0 Å². The molecule has 0 amide bonds. The van der Waals surface area contributed by atoms with Crippen molar-refractivity contribution in [2.75, 3.05) is 0 Å². The minimum absolute atomic E-state index is 0.0521. The maximum atomic E-state index is 13.5. The normalized spacial score (nSPS) is 14.4. The molecule has 5 nitrogen and oxygen atoms in total. The minimum Gasteiger partial charge on any atom is -0.332 e. The van der Waals surface area contributed by atoms with Crippen molar-refractivity contribution in [3.8, 4) is 5.69 Å². The summed E-state index contributed by atoms with van der Waals surface area (Å²) < 4.78 is 3.59. The van der Waals surface area contributed by atoms with Crippen LogP contribution in [0.4, 0.5) is 0 Å². The van der Waals surface area contributed by atoms with Crippen molar-refractivity contribution in [1.82, 2.24) is 14.1 Å². The summed E-state index contributed by atoms with van der Waals surface area (Å²) >= 11 is 0. The molecule has 2 heterocycles. The van der Waals surface area contributed by atoms with Crippen LogP contribution in [0.5, 0.6) is 0 Å². The number of para-hydroxylation sites is 1. The fraction of sp³-hybridized carbons (Fsp3) is 0.409. The fourth-order valence-corrected chi connectivity index (χ4v) is 4.14. The van der Waals surface area contributed by atoms with E-state index in [0.717, 1.165) is 49.0 Å². The summed E-state index contributed by atoms with van der Waals surface area (Å²) in [5.41, 5.74) is 2.72. The number of hydrogen-bond acceptors (Lipinski definition) is 3. The zero-order valence-electron chi connectivity index (χ0n) is 16.2. The monoisotopic (exact) mass is 363 g/mol. The number of pyridine rings is 1. The lowest BCUT2D eigenvalue weighted by Crippen LogP contribution is -2.32. The maximum absolute atomic E-state index is 13.5. The minimum atomic E-state index is -0.262. The van der Waals surface area contributed by atoms with E-state index in [1.54, 1.807) is 4.57 Å². The van der Waals surface area contributed by atoms with Crippen LogP contribution in [0.15, 0.2) is 39.9 Å². The third-order valence-electron chi connectivity index (χ3n) is 5.53. The van der Waals surface area contributed by atoms with Crippen LogP contribution in [-0.2, 0) is 19.9 Å². The molecule has 0 spiro atoms. The Morgan fingerprint density at radius 3 is 2.41 bits per heavy atom. The molecule has 1 aliphatic carbocycles. The van der Waals surface area contributed by atoms with Crippen molar-refractivity contribution >= 4 is 11.0 Å². The molecule has 0 N–H and O–H groups in total. The van der Waals surface area contributed by atoms with Crippen molar-refractivity contribution in [2.45, 2.75) is 51.9 Å². The Hall–Kier alpha value is -2.69. The van der Waals surface area contributed by atoms with Gasteiger partial charge in [-0.1, -0.05) is 38.5 Å². The molecule has 0 atom stereocenters. The van der Waals surface area contributed by atoms with E-state index in [-0.39, 0.29) is 22.3 Å². The lowest BCUT2D eigenvalue weighted by Gasteiger charge is -2.19. The molecular formula is C22H25N3O2. The highest BCUT2D eigenvalue weighted by molar-refractivity contribution is 5.76. The Bertz CT molecular complexity index is 1120. The van der Waals surface area contributed by atoms with Gasteiger partial charge in [0, 0.05) is 24.2 Å². The van der Waals surface area contributed by atoms with E-state index in [4.69, 9.17) is 4.98 Å². The van der Waals surface area contributed by atoms with Crippen molar-refractivity contribution in [3.63, 3.8) is 0 Å². The highest BCUT2D eigenvalue weighted by Gasteiger charge is 2.23. The van der Waals surface area contributed by atoms with Gasteiger partial charge in [-0.15, -0.1) is 0 Å². The quantitative estimate of drug-likeness (QED) is 0.655. The second-order valence-corrected chi connectivity index (χ2v) is 7.67. The van der Waals surface area contributed by atoms with Gasteiger partial charge in [0.05, 0.1) is 5.69 Å². The molecule has 4 rings (SSSR count). The summed E-state index contributed by atoms with van der Waals surface area (Å²) in [6, 6.07) is 9.47. The van der Waals surface area contributed by atoms with Crippen LogP contribution in [0.2, 0.25) is 0 Å². The topological polar surface area (TPSA) is 56.9 Å². The molecule has 0 aliphatic heterocycles. The Kier molecular flexibility index (Phi) is 4.46. The van der Waals surface area contributed by atoms with E-state index >= 15 is 0 Å². The van der Waals surface area contributed by atoms with Crippen molar-refractivity contribution in [1.29, 1.82) is 0 Å². The predicted molar refractivity (Wildman–Crippen MR) is 108 cm³/mol. The van der Waals surface area contributed by atoms with Gasteiger partial charge in [-0.3, -0.25) is 14.2 Å². The number of hydrogen-bond donors (Lipinski definition) is 0. The van der Waals surface area contributed by atoms with Gasteiger partial charge >= 0.3 is 0 Å². The van der Waals surface area contributed by atoms with Crippen LogP contribution < -0.4 is 11.0 Å². The lowest BCUT2D eigenvalue weighted by molar-refractivity contribution is 0.692. The Labute approximate surface area is 158 Å². The highest BCUT2D eigenvalue weighted by atomic mass is 16.1. The molecular weight excluding hydrogens is 338 g/mol. The van der Waals surface area contributed by atoms with E-state index in [2.05, 4.69) is 0 Å². The van der Waals surface area contributed by atoms with Gasteiger partial charge in [0.1, 0.15) is 11.2 Å². The number of benzene rings is 1. The number of rotatable bonds is 2. The van der Waals surface area contributed by atoms with Gasteiger partial charge in [-0.25, -0.2) is 4.98 Å². The van der Waals surface area contributed by atoms with Gasteiger partial charge in [0.2, 0.25) is 0 Å². The fourth-order valence-electron chi connectivity index (χ4n) is 4.14. The summed E-state index contributed by atoms with van der Waals surface area (Å²) in [4.78, 5) is 31.6. The van der Waals surface area contributed by atoms with E-state index in [9.17, 15) is 9.59 Å². The molecule has 27 heavy (non-hydrogen) atoms. The molecule has 0 fully saturated rings. The highest BCUT2D eigenvalue weighted by Crippen LogP contribution is 2.22. The third kappa shape index (κ3) is 2.82. The van der Waals surface area contributed by atoms with Gasteiger partial charge in [0.15, 0.2) is 11.1 Å². The molecule has 3 aromatic rings. The van der Waals surface area contributed by atoms with E-state index in [1.165, 1.54) is 0 Å². The molecule has 0 unspecified atom stereocenters. The summed E-state index contributed by atoms with van der Waals surface area (Å²) in [6.45, 7) is 4.04. The van der Waals surface area contributed by atoms with Crippen LogP contribution in [0.1, 0.15) is 56.1 Å². The number of aryl methyl sites for hydroxylation is 1. The molecule has 1 aromatic carbocycles. The summed E-state index contributed by atoms with van der Waals surface area (Å²) in [5, 5.41) is 0.214. The number of nitrogens with zero attached hydrogens (tertiary/aromatic N) is 3. The zero-order valence-corrected chi connectivity index (χ0v) is 16.2. The Morgan fingerprint density at radius 2 is 1.70 bits per heavy atom. The largest absolute Gasteiger partial charge is 0.332 e. The summed E-state index contributed by atoms with van der Waals surface area (Å²) in [6.07, 6.45) is 4.80. The molecule has 5 heteroatoms. The first-order chi connectivity index (χ1) is 13.0. The van der Waals surface area contributed by atoms with Crippen LogP contribution in [0, 0.1) is 0 Å². The van der Waals surface area contributed by atoms with Gasteiger partial charge in [-0.05, 0) is 37.8 Å². The van der Waals surface area contributed by atoms with Crippen LogP contribution in [0.25, 0.3) is 16.7 Å². The number of fused-ring (bicyclic) bond motifs is 2. The Balaban J connectivity index is 2.17. The van der Waals surface area contributed by atoms with Crippen LogP contribution in [-0.4, -0.2) is 14.1 Å². The SMILES string of the molecule is CC(C)c1nc2c(c(=O)c3c(n2C)CCCCC3)c(=O)n1-c1ccccc1. The van der Waals surface area contributed by atoms with Crippen molar-refractivity contribution in [2.24, 2.45) is 7.05 Å². The Morgan fingerprint density at radius 1 is 1.00 bits per heavy atom. The summed E-state index contributed by atoms with van der Waals surface area (Å²) in [7, 11) is 1.94. The average Bonchev–Trinajstić information content (AvgIpc) is 2.92. The predicted octanol–water partition coefficient (Wildman–Crippen LogP) is 3.48. The smallest absolute Gasteiger partial charge is 0.271 e. The molecule has 0 saturated heterocycles. The number of aromatic nitrogens is 3. The van der Waals surface area contributed by atoms with E-state index in [1.807, 2.05) is 55.8 Å². The van der Waals surface area contributed by atoms with E-state index < -0.39 is 0 Å². The molecule has 0 saturated carbocycles. The third-order valence-corrected chi connectivity index (χ3v) is 5.53. The van der Waals surface area contributed by atoms with Gasteiger partial charge in [0.25, 0.3) is 5.56 Å². The first-order valence-electron chi connectivity index (χ1n) is 9.73. The molecule has 0 bridgehead atoms. The van der Waals surface area contributed by atoms with Crippen LogP contribution >= 0.6 is 0 Å². The first kappa shape index (κ1) is 17.7. The van der Waals surface area contributed by atoms with Crippen LogP contribution in [0.3, 0.4) is 0 Å². The van der Waals surface area contributed by atoms with Crippen molar-refractivity contribution in [3.05, 3.63) is 68.0 Å². The molecule has 140 valence electrons. The second kappa shape index (κ2) is 6.80. The maximum Gasteiger partial charge on any atom is 0.271 e. The standard InChI is InChI=1S/C22H25N3O2/c1-14(2)20-23-21-18(22(27)25(20)15-10-6-4-7-11-15)19(26)16-12-8-5-9-13-17(16)24(21)3/h4,6-7,10-11,14H,5,8-9,12-13H2,1-3H3. The summed E-state index contributed by atoms with van der Waals surface area (Å²) in [5.74, 6) is 0.735.